The largest absolute Gasteiger partial charge is 0.280 e. The molecular formula is C16H13BrN2O4S3. The highest BCUT2D eigenvalue weighted by Gasteiger charge is 2.17. The lowest BCUT2D eigenvalue weighted by Crippen LogP contribution is -2.14. The molecule has 0 amide bonds. The molecule has 0 saturated carbocycles. The summed E-state index contributed by atoms with van der Waals surface area (Å²) in [5, 5.41) is 1.66. The Morgan fingerprint density at radius 1 is 0.731 bits per heavy atom. The maximum absolute atomic E-state index is 12.4. The molecule has 0 fully saturated rings. The Labute approximate surface area is 164 Å². The number of halogens is 1. The summed E-state index contributed by atoms with van der Waals surface area (Å²) in [5.41, 5.74) is 0.705. The number of thiophene rings is 1. The van der Waals surface area contributed by atoms with Crippen molar-refractivity contribution >= 4 is 58.7 Å². The second-order valence-corrected chi connectivity index (χ2v) is 10.6. The van der Waals surface area contributed by atoms with Crippen LogP contribution < -0.4 is 9.44 Å². The van der Waals surface area contributed by atoms with Crippen LogP contribution in [0.15, 0.2) is 79.6 Å². The van der Waals surface area contributed by atoms with Crippen molar-refractivity contribution < 1.29 is 16.8 Å². The van der Waals surface area contributed by atoms with Gasteiger partial charge >= 0.3 is 0 Å². The Kier molecular flexibility index (Phi) is 5.37. The van der Waals surface area contributed by atoms with Crippen LogP contribution in [0.1, 0.15) is 0 Å². The summed E-state index contributed by atoms with van der Waals surface area (Å²) in [6.45, 7) is 0. The summed E-state index contributed by atoms with van der Waals surface area (Å²) in [6.07, 6.45) is 0. The lowest BCUT2D eigenvalue weighted by atomic mass is 10.3. The SMILES string of the molecule is O=S(=O)(Nc1ccc(Br)cc1)c1ccc(NS(=O)(=O)c2cccs2)cc1. The summed E-state index contributed by atoms with van der Waals surface area (Å²) in [5.74, 6) is 0. The Hall–Kier alpha value is -1.88. The Morgan fingerprint density at radius 3 is 1.81 bits per heavy atom. The molecule has 0 bridgehead atoms. The van der Waals surface area contributed by atoms with E-state index in [0.717, 1.165) is 15.8 Å². The number of sulfonamides is 2. The molecule has 1 aromatic heterocycles. The zero-order chi connectivity index (χ0) is 18.8. The molecule has 0 saturated heterocycles. The summed E-state index contributed by atoms with van der Waals surface area (Å²) in [4.78, 5) is 0.0273. The van der Waals surface area contributed by atoms with E-state index < -0.39 is 20.0 Å². The van der Waals surface area contributed by atoms with Gasteiger partial charge in [-0.25, -0.2) is 16.8 Å². The molecule has 26 heavy (non-hydrogen) atoms. The number of anilines is 2. The van der Waals surface area contributed by atoms with Crippen molar-refractivity contribution in [2.75, 3.05) is 9.44 Å². The van der Waals surface area contributed by atoms with Gasteiger partial charge in [0.2, 0.25) is 0 Å². The van der Waals surface area contributed by atoms with Gasteiger partial charge < -0.3 is 0 Å². The third kappa shape index (κ3) is 4.44. The molecule has 0 aliphatic rings. The summed E-state index contributed by atoms with van der Waals surface area (Å²) in [6, 6.07) is 15.3. The molecule has 2 N–H and O–H groups in total. The second kappa shape index (κ2) is 7.39. The first-order chi connectivity index (χ1) is 12.3. The fourth-order valence-electron chi connectivity index (χ4n) is 2.06. The molecule has 0 radical (unpaired) electrons. The molecule has 136 valence electrons. The molecule has 0 atom stereocenters. The van der Waals surface area contributed by atoms with Crippen LogP contribution in [0.25, 0.3) is 0 Å². The molecule has 10 heteroatoms. The minimum absolute atomic E-state index is 0.0273. The van der Waals surface area contributed by atoms with Gasteiger partial charge in [-0.1, -0.05) is 22.0 Å². The zero-order valence-electron chi connectivity index (χ0n) is 13.1. The van der Waals surface area contributed by atoms with Crippen LogP contribution in [0.2, 0.25) is 0 Å². The minimum atomic E-state index is -3.77. The highest BCUT2D eigenvalue weighted by atomic mass is 79.9. The van der Waals surface area contributed by atoms with E-state index in [-0.39, 0.29) is 14.8 Å². The van der Waals surface area contributed by atoms with Crippen LogP contribution in [-0.4, -0.2) is 16.8 Å². The third-order valence-electron chi connectivity index (χ3n) is 3.27. The van der Waals surface area contributed by atoms with Crippen molar-refractivity contribution in [3.05, 3.63) is 70.5 Å². The van der Waals surface area contributed by atoms with Crippen LogP contribution in [0.5, 0.6) is 0 Å². The van der Waals surface area contributed by atoms with Crippen LogP contribution in [0.3, 0.4) is 0 Å². The fraction of sp³-hybridized carbons (Fsp3) is 0. The van der Waals surface area contributed by atoms with E-state index in [0.29, 0.717) is 5.69 Å². The van der Waals surface area contributed by atoms with Crippen LogP contribution in [0.4, 0.5) is 11.4 Å². The Morgan fingerprint density at radius 2 is 1.27 bits per heavy atom. The van der Waals surface area contributed by atoms with Crippen LogP contribution >= 0.6 is 27.3 Å². The molecule has 0 aliphatic carbocycles. The van der Waals surface area contributed by atoms with Gasteiger partial charge in [0.25, 0.3) is 20.0 Å². The average Bonchev–Trinajstić information content (AvgIpc) is 3.12. The minimum Gasteiger partial charge on any atom is -0.280 e. The van der Waals surface area contributed by atoms with Gasteiger partial charge in [-0.15, -0.1) is 11.3 Å². The molecule has 0 unspecified atom stereocenters. The van der Waals surface area contributed by atoms with E-state index in [1.54, 1.807) is 35.7 Å². The molecule has 3 aromatic rings. The van der Waals surface area contributed by atoms with Gasteiger partial charge in [-0.05, 0) is 60.0 Å². The van der Waals surface area contributed by atoms with Crippen molar-refractivity contribution in [2.24, 2.45) is 0 Å². The van der Waals surface area contributed by atoms with Gasteiger partial charge in [0, 0.05) is 15.8 Å². The lowest BCUT2D eigenvalue weighted by molar-refractivity contribution is 0.600. The topological polar surface area (TPSA) is 92.3 Å². The first kappa shape index (κ1) is 18.9. The standard InChI is InChI=1S/C16H13BrN2O4S3/c17-12-3-5-13(6-4-12)18-25(20,21)15-9-7-14(8-10-15)19-26(22,23)16-2-1-11-24-16/h1-11,18-19H. The van der Waals surface area contributed by atoms with E-state index in [9.17, 15) is 16.8 Å². The molecule has 0 spiro atoms. The number of hydrogen-bond donors (Lipinski definition) is 2. The number of rotatable bonds is 6. The molecular weight excluding hydrogens is 460 g/mol. The summed E-state index contributed by atoms with van der Waals surface area (Å²) in [7, 11) is -7.44. The maximum Gasteiger partial charge on any atom is 0.271 e. The van der Waals surface area contributed by atoms with Crippen molar-refractivity contribution in [1.82, 2.24) is 0 Å². The molecule has 2 aromatic carbocycles. The van der Waals surface area contributed by atoms with Gasteiger partial charge in [0.1, 0.15) is 4.21 Å². The van der Waals surface area contributed by atoms with Crippen molar-refractivity contribution in [1.29, 1.82) is 0 Å². The predicted molar refractivity (Wildman–Crippen MR) is 107 cm³/mol. The van der Waals surface area contributed by atoms with Gasteiger partial charge in [-0.2, -0.15) is 0 Å². The van der Waals surface area contributed by atoms with Crippen molar-refractivity contribution in [2.45, 2.75) is 9.10 Å². The maximum atomic E-state index is 12.4. The van der Waals surface area contributed by atoms with Crippen LogP contribution in [0, 0.1) is 0 Å². The first-order valence-corrected chi connectivity index (χ1v) is 11.8. The Balaban J connectivity index is 1.77. The van der Waals surface area contributed by atoms with Gasteiger partial charge in [0.05, 0.1) is 4.90 Å². The predicted octanol–water partition coefficient (Wildman–Crippen LogP) is 4.11. The highest BCUT2D eigenvalue weighted by Crippen LogP contribution is 2.23. The smallest absolute Gasteiger partial charge is 0.271 e. The fourth-order valence-corrected chi connectivity index (χ4v) is 5.43. The normalized spacial score (nSPS) is 11.9. The molecule has 3 rings (SSSR count). The highest BCUT2D eigenvalue weighted by molar-refractivity contribution is 9.10. The third-order valence-corrected chi connectivity index (χ3v) is 7.98. The van der Waals surface area contributed by atoms with E-state index >= 15 is 0 Å². The number of hydrogen-bond acceptors (Lipinski definition) is 5. The Bertz CT molecular complexity index is 1090. The lowest BCUT2D eigenvalue weighted by Gasteiger charge is -2.10. The molecule has 1 heterocycles. The zero-order valence-corrected chi connectivity index (χ0v) is 17.1. The summed E-state index contributed by atoms with van der Waals surface area (Å²) >= 11 is 4.38. The van der Waals surface area contributed by atoms with Gasteiger partial charge in [-0.3, -0.25) is 9.44 Å². The van der Waals surface area contributed by atoms with Crippen molar-refractivity contribution in [3.63, 3.8) is 0 Å². The van der Waals surface area contributed by atoms with E-state index in [1.807, 2.05) is 0 Å². The van der Waals surface area contributed by atoms with E-state index in [1.165, 1.54) is 30.3 Å². The second-order valence-electron chi connectivity index (χ2n) is 5.17. The monoisotopic (exact) mass is 472 g/mol. The molecule has 6 nitrogen and oxygen atoms in total. The summed E-state index contributed by atoms with van der Waals surface area (Å²) < 4.78 is 55.1. The average molecular weight is 473 g/mol. The molecule has 0 aliphatic heterocycles. The number of nitrogens with one attached hydrogen (secondary N) is 2. The van der Waals surface area contributed by atoms with Crippen LogP contribution in [-0.2, 0) is 20.0 Å². The number of benzene rings is 2. The quantitative estimate of drug-likeness (QED) is 0.564. The van der Waals surface area contributed by atoms with E-state index in [4.69, 9.17) is 0 Å². The van der Waals surface area contributed by atoms with E-state index in [2.05, 4.69) is 25.4 Å². The van der Waals surface area contributed by atoms with Crippen molar-refractivity contribution in [3.8, 4) is 0 Å². The van der Waals surface area contributed by atoms with Gasteiger partial charge in [0.15, 0.2) is 0 Å². The first-order valence-electron chi connectivity index (χ1n) is 7.21.